The van der Waals surface area contributed by atoms with E-state index in [2.05, 4.69) is 21.2 Å². The summed E-state index contributed by atoms with van der Waals surface area (Å²) in [6.07, 6.45) is 1.63. The van der Waals surface area contributed by atoms with Gasteiger partial charge in [-0.1, -0.05) is 58.4 Å². The van der Waals surface area contributed by atoms with Crippen molar-refractivity contribution in [2.45, 2.75) is 51.7 Å². The van der Waals surface area contributed by atoms with E-state index in [9.17, 15) is 22.4 Å². The minimum Gasteiger partial charge on any atom is -0.352 e. The minimum atomic E-state index is -3.67. The molecule has 0 aliphatic heterocycles. The third-order valence-corrected chi connectivity index (χ3v) is 7.96. The number of hydrogen-bond acceptors (Lipinski definition) is 4. The van der Waals surface area contributed by atoms with Gasteiger partial charge in [0, 0.05) is 36.4 Å². The third kappa shape index (κ3) is 9.45. The molecule has 1 atom stereocenters. The summed E-state index contributed by atoms with van der Waals surface area (Å²) in [6.45, 7) is 3.98. The van der Waals surface area contributed by atoms with Crippen LogP contribution in [0.15, 0.2) is 83.3 Å². The van der Waals surface area contributed by atoms with Crippen LogP contribution in [0, 0.1) is 5.82 Å². The van der Waals surface area contributed by atoms with Crippen LogP contribution in [0.2, 0.25) is 0 Å². The maximum absolute atomic E-state index is 13.8. The molecule has 0 spiro atoms. The van der Waals surface area contributed by atoms with E-state index in [1.165, 1.54) is 24.3 Å². The Kier molecular flexibility index (Phi) is 11.3. The van der Waals surface area contributed by atoms with Crippen LogP contribution in [0.1, 0.15) is 37.8 Å². The van der Waals surface area contributed by atoms with Crippen molar-refractivity contribution in [1.82, 2.24) is 10.2 Å². The Hall–Kier alpha value is -3.24. The van der Waals surface area contributed by atoms with Crippen LogP contribution in [-0.4, -0.2) is 50.0 Å². The second kappa shape index (κ2) is 14.4. The SMILES string of the molecule is CC(C)NC(=O)[C@H](Cc1ccccc1)N(Cc1ccc(Br)cc1)C(=O)CCCN(c1ccc(F)cc1)S(C)(=O)=O. The maximum Gasteiger partial charge on any atom is 0.243 e. The van der Waals surface area contributed by atoms with Gasteiger partial charge in [-0.2, -0.15) is 0 Å². The number of hydrogen-bond donors (Lipinski definition) is 1. The lowest BCUT2D eigenvalue weighted by Gasteiger charge is -2.32. The molecule has 2 amide bonds. The molecule has 0 fully saturated rings. The summed E-state index contributed by atoms with van der Waals surface area (Å²) in [5.74, 6) is -0.996. The van der Waals surface area contributed by atoms with Crippen molar-refractivity contribution in [3.05, 3.63) is 100 Å². The molecule has 0 aromatic heterocycles. The Labute approximate surface area is 244 Å². The van der Waals surface area contributed by atoms with Crippen LogP contribution in [0.3, 0.4) is 0 Å². The van der Waals surface area contributed by atoms with Crippen molar-refractivity contribution in [3.8, 4) is 0 Å². The molecule has 0 saturated carbocycles. The predicted octanol–water partition coefficient (Wildman–Crippen LogP) is 5.30. The summed E-state index contributed by atoms with van der Waals surface area (Å²) in [7, 11) is -3.67. The number of nitrogens with zero attached hydrogens (tertiary/aromatic N) is 2. The molecular weight excluding hydrogens is 597 g/mol. The number of rotatable bonds is 13. The van der Waals surface area contributed by atoms with Gasteiger partial charge in [0.05, 0.1) is 11.9 Å². The van der Waals surface area contributed by atoms with Crippen molar-refractivity contribution in [2.24, 2.45) is 0 Å². The normalized spacial score (nSPS) is 12.2. The van der Waals surface area contributed by atoms with Gasteiger partial charge in [-0.05, 0) is 67.8 Å². The van der Waals surface area contributed by atoms with E-state index in [0.717, 1.165) is 26.2 Å². The number of carbonyl (C=O) groups is 2. The molecule has 0 radical (unpaired) electrons. The van der Waals surface area contributed by atoms with Gasteiger partial charge in [-0.15, -0.1) is 0 Å². The second-order valence-corrected chi connectivity index (χ2v) is 12.8. The van der Waals surface area contributed by atoms with Gasteiger partial charge in [0.25, 0.3) is 0 Å². The molecule has 3 aromatic rings. The first kappa shape index (κ1) is 31.3. The molecule has 0 heterocycles. The number of carbonyl (C=O) groups excluding carboxylic acids is 2. The maximum atomic E-state index is 13.8. The summed E-state index contributed by atoms with van der Waals surface area (Å²) in [5, 5.41) is 2.96. The van der Waals surface area contributed by atoms with Crippen molar-refractivity contribution in [2.75, 3.05) is 17.1 Å². The Balaban J connectivity index is 1.87. The summed E-state index contributed by atoms with van der Waals surface area (Å²) in [6, 6.07) is 21.4. The first-order valence-electron chi connectivity index (χ1n) is 13.1. The average Bonchev–Trinajstić information content (AvgIpc) is 2.90. The lowest BCUT2D eigenvalue weighted by Crippen LogP contribution is -2.51. The first-order valence-corrected chi connectivity index (χ1v) is 15.7. The van der Waals surface area contributed by atoms with E-state index in [1.54, 1.807) is 4.90 Å². The first-order chi connectivity index (χ1) is 18.9. The van der Waals surface area contributed by atoms with Gasteiger partial charge in [0.15, 0.2) is 0 Å². The van der Waals surface area contributed by atoms with Crippen LogP contribution in [0.25, 0.3) is 0 Å². The van der Waals surface area contributed by atoms with E-state index in [4.69, 9.17) is 0 Å². The smallest absolute Gasteiger partial charge is 0.243 e. The predicted molar refractivity (Wildman–Crippen MR) is 160 cm³/mol. The summed E-state index contributed by atoms with van der Waals surface area (Å²) >= 11 is 3.43. The second-order valence-electron chi connectivity index (χ2n) is 9.93. The van der Waals surface area contributed by atoms with Crippen molar-refractivity contribution in [1.29, 1.82) is 0 Å². The van der Waals surface area contributed by atoms with Crippen molar-refractivity contribution < 1.29 is 22.4 Å². The number of nitrogens with one attached hydrogen (secondary N) is 1. The van der Waals surface area contributed by atoms with E-state index in [-0.39, 0.29) is 43.8 Å². The summed E-state index contributed by atoms with van der Waals surface area (Å²) in [4.78, 5) is 28.8. The van der Waals surface area contributed by atoms with Crippen molar-refractivity contribution in [3.63, 3.8) is 0 Å². The van der Waals surface area contributed by atoms with Gasteiger partial charge in [-0.3, -0.25) is 13.9 Å². The van der Waals surface area contributed by atoms with Gasteiger partial charge in [-0.25, -0.2) is 12.8 Å². The number of benzene rings is 3. The Bertz CT molecular complexity index is 1370. The Morgan fingerprint density at radius 1 is 0.925 bits per heavy atom. The van der Waals surface area contributed by atoms with Crippen LogP contribution in [-0.2, 0) is 32.6 Å². The molecule has 7 nitrogen and oxygen atoms in total. The van der Waals surface area contributed by atoms with Crippen LogP contribution >= 0.6 is 15.9 Å². The molecule has 0 bridgehead atoms. The zero-order chi connectivity index (χ0) is 29.3. The lowest BCUT2D eigenvalue weighted by molar-refractivity contribution is -0.141. The highest BCUT2D eigenvalue weighted by atomic mass is 79.9. The highest BCUT2D eigenvalue weighted by Gasteiger charge is 2.31. The molecule has 1 N–H and O–H groups in total. The van der Waals surface area contributed by atoms with Gasteiger partial charge in [0.2, 0.25) is 21.8 Å². The molecule has 214 valence electrons. The van der Waals surface area contributed by atoms with Crippen LogP contribution < -0.4 is 9.62 Å². The fourth-order valence-electron chi connectivity index (χ4n) is 4.33. The van der Waals surface area contributed by atoms with Crippen molar-refractivity contribution >= 4 is 43.5 Å². The van der Waals surface area contributed by atoms with Crippen LogP contribution in [0.4, 0.5) is 10.1 Å². The van der Waals surface area contributed by atoms with E-state index in [1.807, 2.05) is 68.4 Å². The highest BCUT2D eigenvalue weighted by molar-refractivity contribution is 9.10. The Morgan fingerprint density at radius 2 is 1.55 bits per heavy atom. The summed E-state index contributed by atoms with van der Waals surface area (Å²) in [5.41, 5.74) is 2.09. The molecular formula is C30H35BrFN3O4S. The summed E-state index contributed by atoms with van der Waals surface area (Å²) < 4.78 is 40.4. The van der Waals surface area contributed by atoms with E-state index in [0.29, 0.717) is 12.1 Å². The number of amides is 2. The highest BCUT2D eigenvalue weighted by Crippen LogP contribution is 2.21. The molecule has 0 saturated heterocycles. The van der Waals surface area contributed by atoms with Gasteiger partial charge < -0.3 is 10.2 Å². The molecule has 3 aromatic carbocycles. The zero-order valence-corrected chi connectivity index (χ0v) is 25.3. The molecule has 3 rings (SSSR count). The minimum absolute atomic E-state index is 0.0178. The lowest BCUT2D eigenvalue weighted by atomic mass is 10.0. The number of anilines is 1. The van der Waals surface area contributed by atoms with E-state index >= 15 is 0 Å². The van der Waals surface area contributed by atoms with E-state index < -0.39 is 21.9 Å². The molecule has 0 aliphatic rings. The fraction of sp³-hybridized carbons (Fsp3) is 0.333. The molecule has 40 heavy (non-hydrogen) atoms. The third-order valence-electron chi connectivity index (χ3n) is 6.23. The Morgan fingerprint density at radius 3 is 2.12 bits per heavy atom. The number of halogens is 2. The van der Waals surface area contributed by atoms with Crippen LogP contribution in [0.5, 0.6) is 0 Å². The van der Waals surface area contributed by atoms with Gasteiger partial charge in [0.1, 0.15) is 11.9 Å². The standard InChI is InChI=1S/C30H35BrFN3O4S/c1-22(2)33-30(37)28(20-23-8-5-4-6-9-23)34(21-24-11-13-25(31)14-12-24)29(36)10-7-19-35(40(3,38)39)27-17-15-26(32)16-18-27/h4-6,8-9,11-18,22,28H,7,10,19-21H2,1-3H3,(H,33,37)/t28-/m0/s1. The largest absolute Gasteiger partial charge is 0.352 e. The monoisotopic (exact) mass is 631 g/mol. The average molecular weight is 633 g/mol. The zero-order valence-electron chi connectivity index (χ0n) is 22.9. The van der Waals surface area contributed by atoms with Gasteiger partial charge >= 0.3 is 0 Å². The molecule has 0 unspecified atom stereocenters. The molecule has 10 heteroatoms. The number of sulfonamides is 1. The quantitative estimate of drug-likeness (QED) is 0.277. The topological polar surface area (TPSA) is 86.8 Å². The molecule has 0 aliphatic carbocycles. The fourth-order valence-corrected chi connectivity index (χ4v) is 5.56.